The van der Waals surface area contributed by atoms with Gasteiger partial charge >= 0.3 is 0 Å². The number of hydrogen-bond acceptors (Lipinski definition) is 3. The first-order chi connectivity index (χ1) is 9.11. The molecule has 0 radical (unpaired) electrons. The fourth-order valence-electron chi connectivity index (χ4n) is 2.15. The highest BCUT2D eigenvalue weighted by molar-refractivity contribution is 9.09. The molecule has 4 nitrogen and oxygen atoms in total. The second-order valence-electron chi connectivity index (χ2n) is 4.66. The zero-order valence-corrected chi connectivity index (χ0v) is 12.8. The Hall–Kier alpha value is -1.07. The number of amides is 1. The van der Waals surface area contributed by atoms with E-state index in [1.807, 2.05) is 18.2 Å². The number of fused-ring (bicyclic) bond motifs is 1. The van der Waals surface area contributed by atoms with Gasteiger partial charge < -0.3 is 14.4 Å². The molecule has 1 aromatic rings. The summed E-state index contributed by atoms with van der Waals surface area (Å²) >= 11 is 3.49. The molecule has 1 amide bonds. The molecule has 1 unspecified atom stereocenters. The van der Waals surface area contributed by atoms with Crippen LogP contribution in [0.2, 0.25) is 0 Å². The van der Waals surface area contributed by atoms with Gasteiger partial charge in [0, 0.05) is 32.7 Å². The summed E-state index contributed by atoms with van der Waals surface area (Å²) in [5.74, 6) is 0.923. The molecule has 104 valence electrons. The van der Waals surface area contributed by atoms with E-state index in [0.717, 1.165) is 17.7 Å². The molecule has 0 saturated carbocycles. The van der Waals surface area contributed by atoms with Crippen LogP contribution in [0.1, 0.15) is 15.9 Å². The lowest BCUT2D eigenvalue weighted by Gasteiger charge is -2.20. The van der Waals surface area contributed by atoms with Crippen LogP contribution in [0, 0.1) is 0 Å². The van der Waals surface area contributed by atoms with Gasteiger partial charge in [0.1, 0.15) is 5.75 Å². The monoisotopic (exact) mass is 327 g/mol. The van der Waals surface area contributed by atoms with Gasteiger partial charge in [0.2, 0.25) is 0 Å². The van der Waals surface area contributed by atoms with Crippen molar-refractivity contribution in [3.63, 3.8) is 0 Å². The van der Waals surface area contributed by atoms with E-state index in [4.69, 9.17) is 9.47 Å². The van der Waals surface area contributed by atoms with Crippen LogP contribution in [0.25, 0.3) is 0 Å². The van der Waals surface area contributed by atoms with Crippen molar-refractivity contribution in [2.45, 2.75) is 11.2 Å². The molecule has 0 saturated heterocycles. The minimum atomic E-state index is 0.0234. The average molecular weight is 328 g/mol. The van der Waals surface area contributed by atoms with Crippen molar-refractivity contribution in [2.24, 2.45) is 0 Å². The quantitative estimate of drug-likeness (QED) is 0.777. The molecule has 0 aromatic heterocycles. The van der Waals surface area contributed by atoms with Crippen molar-refractivity contribution in [3.8, 4) is 5.75 Å². The van der Waals surface area contributed by atoms with Gasteiger partial charge in [0.05, 0.1) is 18.0 Å². The summed E-state index contributed by atoms with van der Waals surface area (Å²) in [6.45, 7) is 1.90. The van der Waals surface area contributed by atoms with Crippen LogP contribution in [0.4, 0.5) is 0 Å². The molecule has 0 N–H and O–H groups in total. The van der Waals surface area contributed by atoms with Gasteiger partial charge in [-0.2, -0.15) is 0 Å². The highest BCUT2D eigenvalue weighted by atomic mass is 79.9. The second-order valence-corrected chi connectivity index (χ2v) is 5.95. The predicted molar refractivity (Wildman–Crippen MR) is 77.2 cm³/mol. The van der Waals surface area contributed by atoms with Gasteiger partial charge in [-0.15, -0.1) is 0 Å². The summed E-state index contributed by atoms with van der Waals surface area (Å²) < 4.78 is 10.5. The Bertz CT molecular complexity index is 464. The highest BCUT2D eigenvalue weighted by Crippen LogP contribution is 2.26. The third kappa shape index (κ3) is 3.48. The fourth-order valence-corrected chi connectivity index (χ4v) is 2.85. The van der Waals surface area contributed by atoms with E-state index in [1.165, 1.54) is 0 Å². The van der Waals surface area contributed by atoms with E-state index < -0.39 is 0 Å². The molecule has 0 bridgehead atoms. The summed E-state index contributed by atoms with van der Waals surface area (Å²) in [5.41, 5.74) is 1.83. The van der Waals surface area contributed by atoms with Gasteiger partial charge in [-0.25, -0.2) is 0 Å². The van der Waals surface area contributed by atoms with E-state index in [9.17, 15) is 4.79 Å². The number of methoxy groups -OCH3 is 1. The predicted octanol–water partition coefficient (Wildman–Crippen LogP) is 2.10. The average Bonchev–Trinajstić information content (AvgIpc) is 2.85. The molecule has 2 rings (SSSR count). The zero-order chi connectivity index (χ0) is 13.8. The topological polar surface area (TPSA) is 38.8 Å². The molecular weight excluding hydrogens is 310 g/mol. The van der Waals surface area contributed by atoms with E-state index in [-0.39, 0.29) is 10.7 Å². The summed E-state index contributed by atoms with van der Waals surface area (Å²) in [7, 11) is 3.45. The second kappa shape index (κ2) is 6.39. The Labute approximate surface area is 121 Å². The van der Waals surface area contributed by atoms with Crippen molar-refractivity contribution in [1.82, 2.24) is 4.90 Å². The van der Waals surface area contributed by atoms with Crippen LogP contribution >= 0.6 is 15.9 Å². The normalized spacial score (nSPS) is 14.7. The first kappa shape index (κ1) is 14.3. The number of carbonyl (C=O) groups excluding carboxylic acids is 1. The molecule has 0 fully saturated rings. The first-order valence-electron chi connectivity index (χ1n) is 6.26. The van der Waals surface area contributed by atoms with Crippen LogP contribution in [-0.4, -0.2) is 49.6 Å². The first-order valence-corrected chi connectivity index (χ1v) is 7.17. The number of benzene rings is 1. The van der Waals surface area contributed by atoms with Crippen molar-refractivity contribution >= 4 is 21.8 Å². The van der Waals surface area contributed by atoms with E-state index in [0.29, 0.717) is 25.3 Å². The SMILES string of the molecule is COCC(Br)CN(C)C(=O)c1ccc2c(c1)CCO2. The lowest BCUT2D eigenvalue weighted by atomic mass is 10.1. The molecule has 19 heavy (non-hydrogen) atoms. The molecule has 1 aromatic carbocycles. The number of hydrogen-bond donors (Lipinski definition) is 0. The molecule has 0 aliphatic carbocycles. The zero-order valence-electron chi connectivity index (χ0n) is 11.2. The Morgan fingerprint density at radius 3 is 3.11 bits per heavy atom. The highest BCUT2D eigenvalue weighted by Gasteiger charge is 2.18. The van der Waals surface area contributed by atoms with Crippen molar-refractivity contribution in [2.75, 3.05) is 33.9 Å². The molecule has 1 aliphatic rings. The third-order valence-electron chi connectivity index (χ3n) is 3.10. The standard InChI is InChI=1S/C14H18BrNO3/c1-16(8-12(15)9-18-2)14(17)11-3-4-13-10(7-11)5-6-19-13/h3-4,7,12H,5-6,8-9H2,1-2H3. The molecule has 1 atom stereocenters. The van der Waals surface area contributed by atoms with Crippen molar-refractivity contribution < 1.29 is 14.3 Å². The molecular formula is C14H18BrNO3. The molecule has 1 heterocycles. The maximum Gasteiger partial charge on any atom is 0.253 e. The van der Waals surface area contributed by atoms with Crippen LogP contribution < -0.4 is 4.74 Å². The maximum atomic E-state index is 12.3. The van der Waals surface area contributed by atoms with E-state index in [2.05, 4.69) is 15.9 Å². The number of nitrogens with zero attached hydrogens (tertiary/aromatic N) is 1. The number of alkyl halides is 1. The Balaban J connectivity index is 2.02. The van der Waals surface area contributed by atoms with E-state index in [1.54, 1.807) is 19.1 Å². The minimum Gasteiger partial charge on any atom is -0.493 e. The van der Waals surface area contributed by atoms with Crippen LogP contribution in [0.5, 0.6) is 5.75 Å². The summed E-state index contributed by atoms with van der Waals surface area (Å²) in [6.07, 6.45) is 0.880. The lowest BCUT2D eigenvalue weighted by Crippen LogP contribution is -2.33. The Kier molecular flexibility index (Phi) is 4.82. The molecule has 5 heteroatoms. The van der Waals surface area contributed by atoms with Gasteiger partial charge in [-0.3, -0.25) is 4.79 Å². The summed E-state index contributed by atoms with van der Waals surface area (Å²) in [6, 6.07) is 5.63. The third-order valence-corrected chi connectivity index (χ3v) is 3.66. The summed E-state index contributed by atoms with van der Waals surface area (Å²) in [5, 5.41) is 0. The maximum absolute atomic E-state index is 12.3. The number of rotatable bonds is 5. The largest absolute Gasteiger partial charge is 0.493 e. The number of halogens is 1. The van der Waals surface area contributed by atoms with Gasteiger partial charge in [-0.05, 0) is 23.8 Å². The van der Waals surface area contributed by atoms with Gasteiger partial charge in [0.15, 0.2) is 0 Å². The smallest absolute Gasteiger partial charge is 0.253 e. The summed E-state index contributed by atoms with van der Waals surface area (Å²) in [4.78, 5) is 14.2. The lowest BCUT2D eigenvalue weighted by molar-refractivity contribution is 0.0784. The van der Waals surface area contributed by atoms with E-state index >= 15 is 0 Å². The Morgan fingerprint density at radius 2 is 2.37 bits per heavy atom. The number of carbonyl (C=O) groups is 1. The Morgan fingerprint density at radius 1 is 1.58 bits per heavy atom. The molecule has 0 spiro atoms. The van der Waals surface area contributed by atoms with Crippen molar-refractivity contribution in [3.05, 3.63) is 29.3 Å². The van der Waals surface area contributed by atoms with Crippen LogP contribution in [0.3, 0.4) is 0 Å². The van der Waals surface area contributed by atoms with Gasteiger partial charge in [0.25, 0.3) is 5.91 Å². The van der Waals surface area contributed by atoms with Crippen molar-refractivity contribution in [1.29, 1.82) is 0 Å². The van der Waals surface area contributed by atoms with Gasteiger partial charge in [-0.1, -0.05) is 15.9 Å². The van der Waals surface area contributed by atoms with Crippen LogP contribution in [0.15, 0.2) is 18.2 Å². The molecule has 1 aliphatic heterocycles. The van der Waals surface area contributed by atoms with Crippen LogP contribution in [-0.2, 0) is 11.2 Å². The minimum absolute atomic E-state index is 0.0234. The number of ether oxygens (including phenoxy) is 2. The fraction of sp³-hybridized carbons (Fsp3) is 0.500.